The first kappa shape index (κ1) is 23.8. The van der Waals surface area contributed by atoms with E-state index >= 15 is 0 Å². The van der Waals surface area contributed by atoms with Crippen LogP contribution < -0.4 is 15.1 Å². The summed E-state index contributed by atoms with van der Waals surface area (Å²) in [5.41, 5.74) is -0.336. The van der Waals surface area contributed by atoms with Crippen LogP contribution in [0, 0.1) is 11.6 Å². The van der Waals surface area contributed by atoms with Crippen LogP contribution in [0.2, 0.25) is 0 Å². The van der Waals surface area contributed by atoms with Gasteiger partial charge < -0.3 is 19.4 Å². The first-order valence-electron chi connectivity index (χ1n) is 10.5. The van der Waals surface area contributed by atoms with Crippen LogP contribution in [0.1, 0.15) is 5.76 Å². The van der Waals surface area contributed by atoms with E-state index in [1.807, 2.05) is 5.32 Å². The number of rotatable bonds is 7. The SMILES string of the molecule is O=C(NCC1CN(c2cc(F)c(N3CCON(Cc4ccco4)CC3)c(F)c2)C(=O)O1)C(F)F. The lowest BCUT2D eigenvalue weighted by Crippen LogP contribution is -2.37. The van der Waals surface area contributed by atoms with Crippen LogP contribution in [-0.4, -0.2) is 68.9 Å². The highest BCUT2D eigenvalue weighted by molar-refractivity contribution is 5.90. The Kier molecular flexibility index (Phi) is 7.22. The number of cyclic esters (lactones) is 1. The van der Waals surface area contributed by atoms with Crippen molar-refractivity contribution >= 4 is 23.4 Å². The highest BCUT2D eigenvalue weighted by atomic mass is 19.3. The lowest BCUT2D eigenvalue weighted by atomic mass is 10.2. The summed E-state index contributed by atoms with van der Waals surface area (Å²) in [6.45, 7) is 0.958. The molecule has 2 aromatic rings. The Balaban J connectivity index is 1.41. The summed E-state index contributed by atoms with van der Waals surface area (Å²) in [4.78, 5) is 31.3. The van der Waals surface area contributed by atoms with Gasteiger partial charge in [0.15, 0.2) is 11.6 Å². The van der Waals surface area contributed by atoms with Crippen molar-refractivity contribution in [1.82, 2.24) is 10.4 Å². The summed E-state index contributed by atoms with van der Waals surface area (Å²) in [7, 11) is 0. The number of carbonyl (C=O) groups is 2. The molecule has 0 bridgehead atoms. The molecule has 2 amide bonds. The van der Waals surface area contributed by atoms with Gasteiger partial charge in [-0.15, -0.1) is 0 Å². The number of furan rings is 1. The standard InChI is InChI=1S/C21H22F4N4O5/c22-16-8-13(29-12-15(34-21(29)31)10-26-20(30)19(24)25)9-17(23)18(16)27-3-4-28(33-7-5-27)11-14-2-1-6-32-14/h1-2,6,8-9,15,19H,3-5,7,10-12H2,(H,26,30). The largest absolute Gasteiger partial charge is 0.468 e. The average Bonchev–Trinajstić information content (AvgIpc) is 3.37. The van der Waals surface area contributed by atoms with Crippen molar-refractivity contribution in [2.75, 3.05) is 49.1 Å². The van der Waals surface area contributed by atoms with Crippen LogP contribution in [0.15, 0.2) is 34.9 Å². The second-order valence-electron chi connectivity index (χ2n) is 7.68. The van der Waals surface area contributed by atoms with Crippen molar-refractivity contribution in [3.05, 3.63) is 47.9 Å². The quantitative estimate of drug-likeness (QED) is 0.602. The molecule has 0 saturated carbocycles. The number of ether oxygens (including phenoxy) is 1. The molecule has 2 saturated heterocycles. The molecule has 0 radical (unpaired) electrons. The number of benzene rings is 1. The maximum absolute atomic E-state index is 15.0. The van der Waals surface area contributed by atoms with Crippen molar-refractivity contribution in [1.29, 1.82) is 0 Å². The fourth-order valence-corrected chi connectivity index (χ4v) is 3.75. The normalized spacial score (nSPS) is 19.4. The van der Waals surface area contributed by atoms with Crippen molar-refractivity contribution in [2.24, 2.45) is 0 Å². The summed E-state index contributed by atoms with van der Waals surface area (Å²) < 4.78 is 64.9. The summed E-state index contributed by atoms with van der Waals surface area (Å²) >= 11 is 0. The predicted octanol–water partition coefficient (Wildman–Crippen LogP) is 2.52. The molecule has 1 unspecified atom stereocenters. The first-order chi connectivity index (χ1) is 16.3. The van der Waals surface area contributed by atoms with Gasteiger partial charge in [-0.2, -0.15) is 13.8 Å². The second-order valence-corrected chi connectivity index (χ2v) is 7.68. The van der Waals surface area contributed by atoms with E-state index in [0.717, 1.165) is 17.0 Å². The Morgan fingerprint density at radius 3 is 2.62 bits per heavy atom. The zero-order valence-corrected chi connectivity index (χ0v) is 17.9. The highest BCUT2D eigenvalue weighted by Gasteiger charge is 2.34. The maximum atomic E-state index is 15.0. The summed E-state index contributed by atoms with van der Waals surface area (Å²) in [5, 5.41) is 3.59. The van der Waals surface area contributed by atoms with Crippen molar-refractivity contribution < 1.29 is 41.1 Å². The number of carbonyl (C=O) groups excluding carboxylic acids is 2. The lowest BCUT2D eigenvalue weighted by Gasteiger charge is -2.24. The van der Waals surface area contributed by atoms with E-state index in [0.29, 0.717) is 18.8 Å². The molecule has 1 aromatic carbocycles. The van der Waals surface area contributed by atoms with Crippen molar-refractivity contribution in [3.63, 3.8) is 0 Å². The third-order valence-corrected chi connectivity index (χ3v) is 5.37. The molecule has 3 heterocycles. The topological polar surface area (TPSA) is 87.5 Å². The van der Waals surface area contributed by atoms with E-state index in [2.05, 4.69) is 0 Å². The third kappa shape index (κ3) is 5.42. The highest BCUT2D eigenvalue weighted by Crippen LogP contribution is 2.31. The number of hydrogen-bond donors (Lipinski definition) is 1. The number of hydrogen-bond acceptors (Lipinski definition) is 7. The zero-order chi connectivity index (χ0) is 24.2. The molecule has 2 aliphatic heterocycles. The molecule has 1 N–H and O–H groups in total. The van der Waals surface area contributed by atoms with Gasteiger partial charge >= 0.3 is 12.5 Å². The number of nitrogens with one attached hydrogen (secondary N) is 1. The molecule has 0 aliphatic carbocycles. The molecular weight excluding hydrogens is 464 g/mol. The molecule has 9 nitrogen and oxygen atoms in total. The molecule has 184 valence electrons. The van der Waals surface area contributed by atoms with Gasteiger partial charge in [-0.05, 0) is 12.1 Å². The van der Waals surface area contributed by atoms with Crippen LogP contribution in [0.4, 0.5) is 33.7 Å². The zero-order valence-electron chi connectivity index (χ0n) is 17.9. The smallest absolute Gasteiger partial charge is 0.414 e. The third-order valence-electron chi connectivity index (χ3n) is 5.37. The number of hydroxylamine groups is 2. The molecule has 2 aliphatic rings. The maximum Gasteiger partial charge on any atom is 0.414 e. The Hall–Kier alpha value is -3.32. The summed E-state index contributed by atoms with van der Waals surface area (Å²) in [6.07, 6.45) is -3.50. The Morgan fingerprint density at radius 2 is 1.94 bits per heavy atom. The number of nitrogens with zero attached hydrogens (tertiary/aromatic N) is 3. The monoisotopic (exact) mass is 486 g/mol. The molecule has 1 aromatic heterocycles. The molecule has 0 spiro atoms. The van der Waals surface area contributed by atoms with E-state index in [1.54, 1.807) is 23.5 Å². The summed E-state index contributed by atoms with van der Waals surface area (Å²) in [6, 6.07) is 5.56. The van der Waals surface area contributed by atoms with Crippen molar-refractivity contribution in [3.8, 4) is 0 Å². The average molecular weight is 486 g/mol. The second kappa shape index (κ2) is 10.3. The van der Waals surface area contributed by atoms with E-state index in [9.17, 15) is 27.2 Å². The number of anilines is 2. The molecule has 2 fully saturated rings. The number of alkyl halides is 2. The fraction of sp³-hybridized carbons (Fsp3) is 0.429. The van der Waals surface area contributed by atoms with Gasteiger partial charge in [0.2, 0.25) is 0 Å². The van der Waals surface area contributed by atoms with Gasteiger partial charge in [0.05, 0.1) is 38.2 Å². The minimum atomic E-state index is -3.20. The molecule has 1 atom stereocenters. The van der Waals surface area contributed by atoms with Gasteiger partial charge in [-0.1, -0.05) is 0 Å². The molecule has 4 rings (SSSR count). The predicted molar refractivity (Wildman–Crippen MR) is 110 cm³/mol. The fourth-order valence-electron chi connectivity index (χ4n) is 3.75. The van der Waals surface area contributed by atoms with E-state index in [1.165, 1.54) is 4.90 Å². The van der Waals surface area contributed by atoms with Crippen molar-refractivity contribution in [2.45, 2.75) is 19.1 Å². The summed E-state index contributed by atoms with van der Waals surface area (Å²) in [5.74, 6) is -2.56. The molecule has 13 heteroatoms. The first-order valence-corrected chi connectivity index (χ1v) is 10.5. The van der Waals surface area contributed by atoms with Gasteiger partial charge in [-0.3, -0.25) is 14.5 Å². The number of amides is 2. The molecular formula is C21H22F4N4O5. The van der Waals surface area contributed by atoms with Crippen LogP contribution in [0.25, 0.3) is 0 Å². The minimum absolute atomic E-state index is 0.0862. The Morgan fingerprint density at radius 1 is 1.18 bits per heavy atom. The Labute approximate surface area is 191 Å². The Bertz CT molecular complexity index is 1000. The molecule has 34 heavy (non-hydrogen) atoms. The van der Waals surface area contributed by atoms with Gasteiger partial charge in [-0.25, -0.2) is 13.6 Å². The van der Waals surface area contributed by atoms with Crippen LogP contribution in [0.5, 0.6) is 0 Å². The van der Waals surface area contributed by atoms with Crippen LogP contribution in [0.3, 0.4) is 0 Å². The van der Waals surface area contributed by atoms with E-state index in [-0.39, 0.29) is 44.2 Å². The minimum Gasteiger partial charge on any atom is -0.468 e. The van der Waals surface area contributed by atoms with Gasteiger partial charge in [0.1, 0.15) is 17.6 Å². The van der Waals surface area contributed by atoms with Crippen LogP contribution in [-0.2, 0) is 20.9 Å². The number of halogens is 4. The van der Waals surface area contributed by atoms with E-state index < -0.39 is 36.2 Å². The van der Waals surface area contributed by atoms with Gasteiger partial charge in [0, 0.05) is 31.8 Å². The van der Waals surface area contributed by atoms with E-state index in [4.69, 9.17) is 14.0 Å². The van der Waals surface area contributed by atoms with Crippen LogP contribution >= 0.6 is 0 Å². The lowest BCUT2D eigenvalue weighted by molar-refractivity contribution is -0.157. The van der Waals surface area contributed by atoms with Gasteiger partial charge in [0.25, 0.3) is 5.91 Å².